The fourth-order valence-corrected chi connectivity index (χ4v) is 0.932. The van der Waals surface area contributed by atoms with Crippen molar-refractivity contribution < 1.29 is 14.6 Å². The molecule has 1 atom stereocenters. The molecule has 4 heteroatoms. The lowest BCUT2D eigenvalue weighted by Crippen LogP contribution is -2.26. The summed E-state index contributed by atoms with van der Waals surface area (Å²) in [7, 11) is 1.61. The van der Waals surface area contributed by atoms with E-state index in [1.807, 2.05) is 0 Å². The van der Waals surface area contributed by atoms with Gasteiger partial charge in [0.1, 0.15) is 24.2 Å². The van der Waals surface area contributed by atoms with E-state index in [1.54, 1.807) is 31.4 Å². The summed E-state index contributed by atoms with van der Waals surface area (Å²) in [5.41, 5.74) is 5.23. The van der Waals surface area contributed by atoms with Crippen LogP contribution in [0.2, 0.25) is 0 Å². The average molecular weight is 197 g/mol. The van der Waals surface area contributed by atoms with E-state index in [-0.39, 0.29) is 13.2 Å². The zero-order valence-electron chi connectivity index (χ0n) is 8.14. The summed E-state index contributed by atoms with van der Waals surface area (Å²) in [5.74, 6) is 1.47. The van der Waals surface area contributed by atoms with Gasteiger partial charge in [0, 0.05) is 6.54 Å². The van der Waals surface area contributed by atoms with Crippen molar-refractivity contribution >= 4 is 0 Å². The van der Waals surface area contributed by atoms with Crippen molar-refractivity contribution in [2.45, 2.75) is 6.10 Å². The zero-order chi connectivity index (χ0) is 10.4. The molecule has 14 heavy (non-hydrogen) atoms. The van der Waals surface area contributed by atoms with Crippen molar-refractivity contribution in [1.29, 1.82) is 0 Å². The van der Waals surface area contributed by atoms with E-state index >= 15 is 0 Å². The third kappa shape index (κ3) is 3.24. The van der Waals surface area contributed by atoms with Gasteiger partial charge >= 0.3 is 0 Å². The number of nitrogens with two attached hydrogens (primary N) is 1. The standard InChI is InChI=1S/C10H15NO3/c1-13-9-2-4-10(5-3-9)14-7-8(12)6-11/h2-5,8,12H,6-7,11H2,1H3. The van der Waals surface area contributed by atoms with Crippen molar-refractivity contribution in [3.8, 4) is 11.5 Å². The Balaban J connectivity index is 2.43. The smallest absolute Gasteiger partial charge is 0.119 e. The number of aliphatic hydroxyl groups excluding tert-OH is 1. The molecule has 0 aromatic heterocycles. The first-order valence-electron chi connectivity index (χ1n) is 4.41. The Bertz CT molecular complexity index is 261. The van der Waals surface area contributed by atoms with Crippen molar-refractivity contribution in [3.05, 3.63) is 24.3 Å². The van der Waals surface area contributed by atoms with Crippen LogP contribution in [-0.2, 0) is 0 Å². The summed E-state index contributed by atoms with van der Waals surface area (Å²) >= 11 is 0. The van der Waals surface area contributed by atoms with E-state index in [0.29, 0.717) is 5.75 Å². The number of hydrogen-bond donors (Lipinski definition) is 2. The monoisotopic (exact) mass is 197 g/mol. The summed E-state index contributed by atoms with van der Waals surface area (Å²) in [6, 6.07) is 7.15. The Labute approximate surface area is 83.3 Å². The second-order valence-electron chi connectivity index (χ2n) is 2.88. The fraction of sp³-hybridized carbons (Fsp3) is 0.400. The molecule has 1 unspecified atom stereocenters. The molecule has 0 saturated heterocycles. The van der Waals surface area contributed by atoms with E-state index in [0.717, 1.165) is 5.75 Å². The van der Waals surface area contributed by atoms with E-state index in [1.165, 1.54) is 0 Å². The molecule has 0 fully saturated rings. The van der Waals surface area contributed by atoms with Crippen molar-refractivity contribution in [2.75, 3.05) is 20.3 Å². The third-order valence-electron chi connectivity index (χ3n) is 1.77. The summed E-state index contributed by atoms with van der Waals surface area (Å²) in [5, 5.41) is 9.15. The van der Waals surface area contributed by atoms with E-state index in [9.17, 15) is 0 Å². The van der Waals surface area contributed by atoms with Crippen molar-refractivity contribution in [1.82, 2.24) is 0 Å². The number of hydrogen-bond acceptors (Lipinski definition) is 4. The van der Waals surface area contributed by atoms with Gasteiger partial charge in [-0.1, -0.05) is 0 Å². The molecule has 4 nitrogen and oxygen atoms in total. The van der Waals surface area contributed by atoms with Crippen LogP contribution in [0.4, 0.5) is 0 Å². The highest BCUT2D eigenvalue weighted by Crippen LogP contribution is 2.16. The number of aliphatic hydroxyl groups is 1. The largest absolute Gasteiger partial charge is 0.497 e. The second-order valence-corrected chi connectivity index (χ2v) is 2.88. The van der Waals surface area contributed by atoms with Crippen LogP contribution in [0, 0.1) is 0 Å². The molecule has 0 aliphatic heterocycles. The minimum atomic E-state index is -0.614. The lowest BCUT2D eigenvalue weighted by Gasteiger charge is -2.10. The van der Waals surface area contributed by atoms with Gasteiger partial charge in [-0.3, -0.25) is 0 Å². The third-order valence-corrected chi connectivity index (χ3v) is 1.77. The predicted molar refractivity (Wildman–Crippen MR) is 53.6 cm³/mol. The highest BCUT2D eigenvalue weighted by atomic mass is 16.5. The maximum absolute atomic E-state index is 9.15. The first-order valence-corrected chi connectivity index (χ1v) is 4.41. The summed E-state index contributed by atoms with van der Waals surface area (Å²) in [4.78, 5) is 0. The molecule has 0 saturated carbocycles. The molecule has 1 rings (SSSR count). The molecule has 1 aromatic rings. The lowest BCUT2D eigenvalue weighted by molar-refractivity contribution is 0.114. The van der Waals surface area contributed by atoms with Crippen LogP contribution in [0.15, 0.2) is 24.3 Å². The molecule has 0 heterocycles. The molecule has 0 aliphatic carbocycles. The topological polar surface area (TPSA) is 64.7 Å². The van der Waals surface area contributed by atoms with Gasteiger partial charge in [0.2, 0.25) is 0 Å². The normalized spacial score (nSPS) is 12.2. The molecule has 0 spiro atoms. The minimum absolute atomic E-state index is 0.205. The van der Waals surface area contributed by atoms with Crippen molar-refractivity contribution in [3.63, 3.8) is 0 Å². The molecule has 0 radical (unpaired) electrons. The molecule has 0 aliphatic rings. The van der Waals surface area contributed by atoms with Crippen molar-refractivity contribution in [2.24, 2.45) is 5.73 Å². The number of rotatable bonds is 5. The zero-order valence-corrected chi connectivity index (χ0v) is 8.14. The first kappa shape index (κ1) is 10.8. The van der Waals surface area contributed by atoms with Gasteiger partial charge in [-0.2, -0.15) is 0 Å². The van der Waals surface area contributed by atoms with Crippen LogP contribution in [0.5, 0.6) is 11.5 Å². The van der Waals surface area contributed by atoms with Gasteiger partial charge in [0.15, 0.2) is 0 Å². The predicted octanol–water partition coefficient (Wildman–Crippen LogP) is 0.394. The van der Waals surface area contributed by atoms with Crippen LogP contribution in [0.1, 0.15) is 0 Å². The van der Waals surface area contributed by atoms with Gasteiger partial charge in [0.25, 0.3) is 0 Å². The van der Waals surface area contributed by atoms with E-state index in [2.05, 4.69) is 0 Å². The average Bonchev–Trinajstić information content (AvgIpc) is 2.26. The molecule has 3 N–H and O–H groups in total. The molecule has 0 amide bonds. The SMILES string of the molecule is COc1ccc(OCC(O)CN)cc1. The van der Waals surface area contributed by atoms with E-state index in [4.69, 9.17) is 20.3 Å². The van der Waals surface area contributed by atoms with Crippen LogP contribution in [0.3, 0.4) is 0 Å². The van der Waals surface area contributed by atoms with Gasteiger partial charge in [-0.05, 0) is 24.3 Å². The Morgan fingerprint density at radius 2 is 1.86 bits per heavy atom. The van der Waals surface area contributed by atoms with Crippen LogP contribution >= 0.6 is 0 Å². The Hall–Kier alpha value is -1.26. The lowest BCUT2D eigenvalue weighted by atomic mass is 10.3. The van der Waals surface area contributed by atoms with Gasteiger partial charge < -0.3 is 20.3 Å². The second kappa shape index (κ2) is 5.47. The molecule has 1 aromatic carbocycles. The minimum Gasteiger partial charge on any atom is -0.497 e. The maximum atomic E-state index is 9.15. The number of ether oxygens (including phenoxy) is 2. The van der Waals surface area contributed by atoms with Gasteiger partial charge in [-0.25, -0.2) is 0 Å². The molecule has 78 valence electrons. The fourth-order valence-electron chi connectivity index (χ4n) is 0.932. The summed E-state index contributed by atoms with van der Waals surface area (Å²) in [6.45, 7) is 0.416. The maximum Gasteiger partial charge on any atom is 0.119 e. The van der Waals surface area contributed by atoms with E-state index < -0.39 is 6.10 Å². The van der Waals surface area contributed by atoms with Crippen LogP contribution in [0.25, 0.3) is 0 Å². The summed E-state index contributed by atoms with van der Waals surface area (Å²) in [6.07, 6.45) is -0.614. The molecule has 0 bridgehead atoms. The van der Waals surface area contributed by atoms with Gasteiger partial charge in [-0.15, -0.1) is 0 Å². The van der Waals surface area contributed by atoms with Crippen LogP contribution in [-0.4, -0.2) is 31.5 Å². The van der Waals surface area contributed by atoms with Gasteiger partial charge in [0.05, 0.1) is 7.11 Å². The van der Waals surface area contributed by atoms with Crippen LogP contribution < -0.4 is 15.2 Å². The quantitative estimate of drug-likeness (QED) is 0.716. The Morgan fingerprint density at radius 1 is 1.29 bits per heavy atom. The number of benzene rings is 1. The highest BCUT2D eigenvalue weighted by molar-refractivity contribution is 5.31. The highest BCUT2D eigenvalue weighted by Gasteiger charge is 2.01. The number of methoxy groups -OCH3 is 1. The molecular formula is C10H15NO3. The Morgan fingerprint density at radius 3 is 2.36 bits per heavy atom. The Kier molecular flexibility index (Phi) is 4.22. The summed E-state index contributed by atoms with van der Waals surface area (Å²) < 4.78 is 10.3. The molecular weight excluding hydrogens is 182 g/mol. The first-order chi connectivity index (χ1) is 6.76.